The lowest BCUT2D eigenvalue weighted by molar-refractivity contribution is 0.0997. The summed E-state index contributed by atoms with van der Waals surface area (Å²) in [6, 6.07) is 13.1. The zero-order chi connectivity index (χ0) is 17.3. The molecule has 1 amide bonds. The molecule has 7 heteroatoms. The molecule has 0 aliphatic carbocycles. The summed E-state index contributed by atoms with van der Waals surface area (Å²) in [5, 5.41) is 4.25. The van der Waals surface area contributed by atoms with E-state index in [-0.39, 0.29) is 10.8 Å². The van der Waals surface area contributed by atoms with E-state index in [0.29, 0.717) is 32.1 Å². The van der Waals surface area contributed by atoms with Gasteiger partial charge in [0.2, 0.25) is 0 Å². The molecule has 1 heterocycles. The number of amides is 1. The molecule has 122 valence electrons. The van der Waals surface area contributed by atoms with E-state index < -0.39 is 5.91 Å². The first-order chi connectivity index (χ1) is 11.5. The van der Waals surface area contributed by atoms with Crippen molar-refractivity contribution in [2.45, 2.75) is 0 Å². The van der Waals surface area contributed by atoms with Crippen LogP contribution >= 0.6 is 46.4 Å². The molecule has 3 rings (SSSR count). The summed E-state index contributed by atoms with van der Waals surface area (Å²) in [6.07, 6.45) is 0. The normalized spacial score (nSPS) is 10.7. The van der Waals surface area contributed by atoms with Crippen molar-refractivity contribution in [3.63, 3.8) is 0 Å². The van der Waals surface area contributed by atoms with E-state index in [2.05, 4.69) is 5.32 Å². The highest BCUT2D eigenvalue weighted by atomic mass is 35.5. The molecule has 0 radical (unpaired) electrons. The number of nitrogens with one attached hydrogen (secondary N) is 1. The third-order valence-electron chi connectivity index (χ3n) is 3.22. The molecule has 0 atom stereocenters. The lowest BCUT2D eigenvalue weighted by Gasteiger charge is -2.06. The van der Waals surface area contributed by atoms with E-state index in [9.17, 15) is 4.79 Å². The standard InChI is InChI=1S/C17H9Cl4NO2/c18-9-4-5-11(19)10(8-9)14-6-7-15(24-14)17(23)22-13-3-1-2-12(20)16(13)21/h1-8H,(H,22,23). The SMILES string of the molecule is O=C(Nc1cccc(Cl)c1Cl)c1ccc(-c2cc(Cl)ccc2Cl)o1. The quantitative estimate of drug-likeness (QED) is 0.524. The van der Waals surface area contributed by atoms with Crippen molar-refractivity contribution < 1.29 is 9.21 Å². The van der Waals surface area contributed by atoms with Crippen LogP contribution in [0, 0.1) is 0 Å². The van der Waals surface area contributed by atoms with Gasteiger partial charge in [-0.15, -0.1) is 0 Å². The third kappa shape index (κ3) is 3.55. The molecule has 0 fully saturated rings. The van der Waals surface area contributed by atoms with Crippen LogP contribution in [0.25, 0.3) is 11.3 Å². The van der Waals surface area contributed by atoms with Gasteiger partial charge < -0.3 is 9.73 Å². The number of benzene rings is 2. The molecule has 2 aromatic carbocycles. The summed E-state index contributed by atoms with van der Waals surface area (Å²) >= 11 is 24.1. The van der Waals surface area contributed by atoms with Gasteiger partial charge in [0.25, 0.3) is 5.91 Å². The summed E-state index contributed by atoms with van der Waals surface area (Å²) in [5.74, 6) is 0.0884. The van der Waals surface area contributed by atoms with Gasteiger partial charge in [-0.2, -0.15) is 0 Å². The van der Waals surface area contributed by atoms with Gasteiger partial charge in [-0.1, -0.05) is 52.5 Å². The molecule has 24 heavy (non-hydrogen) atoms. The van der Waals surface area contributed by atoms with Gasteiger partial charge in [0.1, 0.15) is 5.76 Å². The van der Waals surface area contributed by atoms with Crippen LogP contribution < -0.4 is 5.32 Å². The Morgan fingerprint density at radius 2 is 1.71 bits per heavy atom. The largest absolute Gasteiger partial charge is 0.451 e. The van der Waals surface area contributed by atoms with E-state index in [1.807, 2.05) is 0 Å². The zero-order valence-electron chi connectivity index (χ0n) is 11.9. The molecular weight excluding hydrogens is 392 g/mol. The van der Waals surface area contributed by atoms with Crippen molar-refractivity contribution in [3.8, 4) is 11.3 Å². The second-order valence-electron chi connectivity index (χ2n) is 4.84. The fraction of sp³-hybridized carbons (Fsp3) is 0. The number of furan rings is 1. The fourth-order valence-corrected chi connectivity index (χ4v) is 2.81. The number of carbonyl (C=O) groups excluding carboxylic acids is 1. The maximum atomic E-state index is 12.3. The van der Waals surface area contributed by atoms with Crippen LogP contribution in [0.2, 0.25) is 20.1 Å². The lowest BCUT2D eigenvalue weighted by Crippen LogP contribution is -2.11. The Labute approximate surface area is 158 Å². The summed E-state index contributed by atoms with van der Waals surface area (Å²) in [7, 11) is 0. The monoisotopic (exact) mass is 399 g/mol. The van der Waals surface area contributed by atoms with E-state index in [1.165, 1.54) is 0 Å². The summed E-state index contributed by atoms with van der Waals surface area (Å²) in [6.45, 7) is 0. The van der Waals surface area contributed by atoms with Gasteiger partial charge in [0, 0.05) is 10.6 Å². The fourth-order valence-electron chi connectivity index (χ4n) is 2.08. The first kappa shape index (κ1) is 17.2. The molecule has 0 aliphatic heterocycles. The van der Waals surface area contributed by atoms with Crippen LogP contribution in [0.3, 0.4) is 0 Å². The van der Waals surface area contributed by atoms with E-state index in [0.717, 1.165) is 0 Å². The molecule has 1 aromatic heterocycles. The Bertz CT molecular complexity index is 921. The Balaban J connectivity index is 1.86. The maximum Gasteiger partial charge on any atom is 0.291 e. The number of halogens is 4. The van der Waals surface area contributed by atoms with Crippen LogP contribution in [-0.2, 0) is 0 Å². The molecule has 0 unspecified atom stereocenters. The first-order valence-electron chi connectivity index (χ1n) is 6.76. The average molecular weight is 401 g/mol. The highest BCUT2D eigenvalue weighted by Gasteiger charge is 2.16. The Hall–Kier alpha value is -1.65. The first-order valence-corrected chi connectivity index (χ1v) is 8.27. The molecule has 1 N–H and O–H groups in total. The zero-order valence-corrected chi connectivity index (χ0v) is 15.0. The summed E-state index contributed by atoms with van der Waals surface area (Å²) < 4.78 is 5.58. The summed E-state index contributed by atoms with van der Waals surface area (Å²) in [4.78, 5) is 12.3. The van der Waals surface area contributed by atoms with Crippen LogP contribution in [0.1, 0.15) is 10.6 Å². The summed E-state index contributed by atoms with van der Waals surface area (Å²) in [5.41, 5.74) is 0.997. The Morgan fingerprint density at radius 3 is 2.50 bits per heavy atom. The predicted octanol–water partition coefficient (Wildman–Crippen LogP) is 6.81. The molecular formula is C17H9Cl4NO2. The molecule has 0 bridgehead atoms. The minimum atomic E-state index is -0.455. The van der Waals surface area contributed by atoms with Crippen LogP contribution in [0.5, 0.6) is 0 Å². The Kier molecular flexibility index (Phi) is 5.07. The minimum absolute atomic E-state index is 0.108. The predicted molar refractivity (Wildman–Crippen MR) is 98.6 cm³/mol. The average Bonchev–Trinajstić information content (AvgIpc) is 3.04. The number of rotatable bonds is 3. The van der Waals surface area contributed by atoms with Gasteiger partial charge in [0.05, 0.1) is 20.8 Å². The van der Waals surface area contributed by atoms with Crippen LogP contribution in [-0.4, -0.2) is 5.91 Å². The van der Waals surface area contributed by atoms with Crippen LogP contribution in [0.15, 0.2) is 52.9 Å². The minimum Gasteiger partial charge on any atom is -0.451 e. The molecule has 0 saturated heterocycles. The third-order valence-corrected chi connectivity index (χ3v) is 4.61. The van der Waals surface area contributed by atoms with Crippen molar-refractivity contribution in [2.75, 3.05) is 5.32 Å². The van der Waals surface area contributed by atoms with E-state index >= 15 is 0 Å². The number of hydrogen-bond acceptors (Lipinski definition) is 2. The highest BCUT2D eigenvalue weighted by Crippen LogP contribution is 2.33. The highest BCUT2D eigenvalue weighted by molar-refractivity contribution is 6.44. The molecule has 3 aromatic rings. The smallest absolute Gasteiger partial charge is 0.291 e. The van der Waals surface area contributed by atoms with Gasteiger partial charge in [-0.3, -0.25) is 4.79 Å². The van der Waals surface area contributed by atoms with E-state index in [1.54, 1.807) is 48.5 Å². The van der Waals surface area contributed by atoms with Crippen molar-refractivity contribution in [2.24, 2.45) is 0 Å². The van der Waals surface area contributed by atoms with Gasteiger partial charge in [-0.25, -0.2) is 0 Å². The van der Waals surface area contributed by atoms with Crippen molar-refractivity contribution >= 4 is 58.0 Å². The van der Waals surface area contributed by atoms with Gasteiger partial charge in [-0.05, 0) is 42.5 Å². The molecule has 0 aliphatic rings. The van der Waals surface area contributed by atoms with Gasteiger partial charge >= 0.3 is 0 Å². The topological polar surface area (TPSA) is 42.2 Å². The molecule has 0 spiro atoms. The number of anilines is 1. The van der Waals surface area contributed by atoms with Crippen molar-refractivity contribution in [3.05, 3.63) is 74.4 Å². The molecule has 0 saturated carbocycles. The number of carbonyl (C=O) groups is 1. The Morgan fingerprint density at radius 1 is 0.917 bits per heavy atom. The van der Waals surface area contributed by atoms with Crippen LogP contribution in [0.4, 0.5) is 5.69 Å². The second kappa shape index (κ2) is 7.08. The second-order valence-corrected chi connectivity index (χ2v) is 6.47. The maximum absolute atomic E-state index is 12.3. The van der Waals surface area contributed by atoms with Gasteiger partial charge in [0.15, 0.2) is 5.76 Å². The lowest BCUT2D eigenvalue weighted by atomic mass is 10.2. The van der Waals surface area contributed by atoms with Crippen molar-refractivity contribution in [1.82, 2.24) is 0 Å². The molecule has 3 nitrogen and oxygen atoms in total. The number of hydrogen-bond donors (Lipinski definition) is 1. The van der Waals surface area contributed by atoms with E-state index in [4.69, 9.17) is 50.8 Å². The van der Waals surface area contributed by atoms with Crippen molar-refractivity contribution in [1.29, 1.82) is 0 Å².